The molecule has 20 heavy (non-hydrogen) atoms. The predicted molar refractivity (Wildman–Crippen MR) is 74.2 cm³/mol. The Morgan fingerprint density at radius 1 is 1.25 bits per heavy atom. The monoisotopic (exact) mass is 298 g/mol. The van der Waals surface area contributed by atoms with Gasteiger partial charge in [0.2, 0.25) is 5.91 Å². The van der Waals surface area contributed by atoms with Gasteiger partial charge in [-0.05, 0) is 37.1 Å². The van der Waals surface area contributed by atoms with Crippen molar-refractivity contribution >= 4 is 23.4 Å². The minimum atomic E-state index is -0.357. The normalized spacial score (nSPS) is 16.0. The van der Waals surface area contributed by atoms with Crippen LogP contribution < -0.4 is 5.32 Å². The molecule has 6 heteroatoms. The lowest BCUT2D eigenvalue weighted by Gasteiger charge is -2.32. The summed E-state index contributed by atoms with van der Waals surface area (Å²) in [7, 11) is 0. The number of hydrogen-bond acceptors (Lipinski definition) is 2. The molecular weight excluding hydrogens is 283 g/mol. The molecule has 0 radical (unpaired) electrons. The summed E-state index contributed by atoms with van der Waals surface area (Å²) in [5, 5.41) is 2.82. The van der Waals surface area contributed by atoms with Gasteiger partial charge in [0, 0.05) is 24.7 Å². The zero-order valence-corrected chi connectivity index (χ0v) is 11.7. The number of piperidine rings is 1. The standard InChI is InChI=1S/C14H16ClFN2O2/c15-9-13(19)17-12-5-7-18(8-6-12)14(20)10-1-3-11(16)4-2-10/h1-4,12H,5-9H2,(H,17,19). The van der Waals surface area contributed by atoms with Crippen molar-refractivity contribution in [2.24, 2.45) is 0 Å². The van der Waals surface area contributed by atoms with Crippen molar-refractivity contribution in [1.82, 2.24) is 10.2 Å². The molecule has 2 rings (SSSR count). The molecule has 1 aromatic carbocycles. The van der Waals surface area contributed by atoms with E-state index in [0.29, 0.717) is 31.5 Å². The molecule has 108 valence electrons. The van der Waals surface area contributed by atoms with Crippen molar-refractivity contribution in [1.29, 1.82) is 0 Å². The minimum Gasteiger partial charge on any atom is -0.352 e. The zero-order chi connectivity index (χ0) is 14.5. The summed E-state index contributed by atoms with van der Waals surface area (Å²) in [6.07, 6.45) is 1.41. The van der Waals surface area contributed by atoms with Crippen LogP contribution in [-0.2, 0) is 4.79 Å². The average molecular weight is 299 g/mol. The van der Waals surface area contributed by atoms with Crippen molar-refractivity contribution in [2.75, 3.05) is 19.0 Å². The highest BCUT2D eigenvalue weighted by Gasteiger charge is 2.24. The largest absolute Gasteiger partial charge is 0.352 e. The fourth-order valence-electron chi connectivity index (χ4n) is 2.27. The Labute approximate surface area is 121 Å². The highest BCUT2D eigenvalue weighted by molar-refractivity contribution is 6.27. The van der Waals surface area contributed by atoms with Crippen LogP contribution in [-0.4, -0.2) is 41.7 Å². The highest BCUT2D eigenvalue weighted by Crippen LogP contribution is 2.14. The third-order valence-corrected chi connectivity index (χ3v) is 3.60. The Morgan fingerprint density at radius 2 is 1.85 bits per heavy atom. The lowest BCUT2D eigenvalue weighted by atomic mass is 10.0. The predicted octanol–water partition coefficient (Wildman–Crippen LogP) is 1.79. The van der Waals surface area contributed by atoms with Gasteiger partial charge < -0.3 is 10.2 Å². The molecule has 1 aliphatic rings. The number of likely N-dealkylation sites (tertiary alicyclic amines) is 1. The number of alkyl halides is 1. The number of hydrogen-bond donors (Lipinski definition) is 1. The van der Waals surface area contributed by atoms with E-state index in [9.17, 15) is 14.0 Å². The van der Waals surface area contributed by atoms with Crippen LogP contribution in [0, 0.1) is 5.82 Å². The van der Waals surface area contributed by atoms with Gasteiger partial charge >= 0.3 is 0 Å². The fraction of sp³-hybridized carbons (Fsp3) is 0.429. The SMILES string of the molecule is O=C(CCl)NC1CCN(C(=O)c2ccc(F)cc2)CC1. The van der Waals surface area contributed by atoms with E-state index in [-0.39, 0.29) is 29.6 Å². The number of carbonyl (C=O) groups is 2. The van der Waals surface area contributed by atoms with Crippen molar-refractivity contribution in [2.45, 2.75) is 18.9 Å². The molecule has 0 atom stereocenters. The van der Waals surface area contributed by atoms with E-state index in [0.717, 1.165) is 0 Å². The second-order valence-electron chi connectivity index (χ2n) is 4.77. The maximum absolute atomic E-state index is 12.8. The van der Waals surface area contributed by atoms with Crippen molar-refractivity contribution in [3.05, 3.63) is 35.6 Å². The van der Waals surface area contributed by atoms with Crippen LogP contribution in [0.15, 0.2) is 24.3 Å². The van der Waals surface area contributed by atoms with E-state index in [4.69, 9.17) is 11.6 Å². The van der Waals surface area contributed by atoms with Crippen LogP contribution in [0.4, 0.5) is 4.39 Å². The Balaban J connectivity index is 1.88. The summed E-state index contributed by atoms with van der Waals surface area (Å²) in [6, 6.07) is 5.60. The Morgan fingerprint density at radius 3 is 2.40 bits per heavy atom. The van der Waals surface area contributed by atoms with E-state index in [1.54, 1.807) is 4.90 Å². The van der Waals surface area contributed by atoms with Gasteiger partial charge in [-0.25, -0.2) is 4.39 Å². The van der Waals surface area contributed by atoms with Crippen molar-refractivity contribution in [3.8, 4) is 0 Å². The molecule has 0 unspecified atom stereocenters. The summed E-state index contributed by atoms with van der Waals surface area (Å²) < 4.78 is 12.8. The average Bonchev–Trinajstić information content (AvgIpc) is 2.48. The number of benzene rings is 1. The maximum atomic E-state index is 12.8. The number of nitrogens with one attached hydrogen (secondary N) is 1. The maximum Gasteiger partial charge on any atom is 0.253 e. The minimum absolute atomic E-state index is 0.0469. The summed E-state index contributed by atoms with van der Waals surface area (Å²) >= 11 is 5.44. The van der Waals surface area contributed by atoms with E-state index in [2.05, 4.69) is 5.32 Å². The third-order valence-electron chi connectivity index (χ3n) is 3.36. The van der Waals surface area contributed by atoms with Gasteiger partial charge in [-0.3, -0.25) is 9.59 Å². The summed E-state index contributed by atoms with van der Waals surface area (Å²) in [4.78, 5) is 25.1. The Bertz CT molecular complexity index is 484. The molecule has 0 saturated carbocycles. The second-order valence-corrected chi connectivity index (χ2v) is 5.04. The van der Waals surface area contributed by atoms with E-state index < -0.39 is 0 Å². The van der Waals surface area contributed by atoms with E-state index in [1.165, 1.54) is 24.3 Å². The molecule has 1 saturated heterocycles. The molecule has 0 aromatic heterocycles. The van der Waals surface area contributed by atoms with Gasteiger partial charge in [0.15, 0.2) is 0 Å². The van der Waals surface area contributed by atoms with Crippen LogP contribution in [0.3, 0.4) is 0 Å². The molecule has 2 amide bonds. The van der Waals surface area contributed by atoms with Crippen molar-refractivity contribution in [3.63, 3.8) is 0 Å². The first kappa shape index (κ1) is 14.8. The second kappa shape index (κ2) is 6.70. The van der Waals surface area contributed by atoms with Gasteiger partial charge in [-0.2, -0.15) is 0 Å². The molecule has 1 aliphatic heterocycles. The van der Waals surface area contributed by atoms with Crippen LogP contribution in [0.2, 0.25) is 0 Å². The number of rotatable bonds is 3. The molecule has 0 aliphatic carbocycles. The fourth-order valence-corrected chi connectivity index (χ4v) is 2.35. The van der Waals surface area contributed by atoms with Crippen molar-refractivity contribution < 1.29 is 14.0 Å². The lowest BCUT2D eigenvalue weighted by molar-refractivity contribution is -0.119. The first-order valence-corrected chi connectivity index (χ1v) is 7.04. The van der Waals surface area contributed by atoms with Gasteiger partial charge in [-0.15, -0.1) is 11.6 Å². The van der Waals surface area contributed by atoms with Crippen LogP contribution >= 0.6 is 11.6 Å². The molecule has 1 N–H and O–H groups in total. The van der Waals surface area contributed by atoms with E-state index >= 15 is 0 Å². The van der Waals surface area contributed by atoms with Gasteiger partial charge in [0.05, 0.1) is 0 Å². The number of carbonyl (C=O) groups excluding carboxylic acids is 2. The Kier molecular flexibility index (Phi) is 4.95. The molecule has 1 heterocycles. The quantitative estimate of drug-likeness (QED) is 0.865. The molecule has 1 aromatic rings. The third kappa shape index (κ3) is 3.70. The van der Waals surface area contributed by atoms with Gasteiger partial charge in [0.1, 0.15) is 11.7 Å². The smallest absolute Gasteiger partial charge is 0.253 e. The lowest BCUT2D eigenvalue weighted by Crippen LogP contribution is -2.46. The number of nitrogens with zero attached hydrogens (tertiary/aromatic N) is 1. The summed E-state index contributed by atoms with van der Waals surface area (Å²) in [6.45, 7) is 1.15. The van der Waals surface area contributed by atoms with Crippen LogP contribution in [0.1, 0.15) is 23.2 Å². The Hall–Kier alpha value is -1.62. The molecule has 1 fully saturated rings. The van der Waals surface area contributed by atoms with Crippen LogP contribution in [0.5, 0.6) is 0 Å². The first-order valence-electron chi connectivity index (χ1n) is 6.50. The van der Waals surface area contributed by atoms with Crippen LogP contribution in [0.25, 0.3) is 0 Å². The molecule has 0 bridgehead atoms. The molecule has 0 spiro atoms. The highest BCUT2D eigenvalue weighted by atomic mass is 35.5. The topological polar surface area (TPSA) is 49.4 Å². The number of amides is 2. The number of halogens is 2. The zero-order valence-electron chi connectivity index (χ0n) is 10.9. The van der Waals surface area contributed by atoms with Gasteiger partial charge in [-0.1, -0.05) is 0 Å². The summed E-state index contributed by atoms with van der Waals surface area (Å²) in [5.41, 5.74) is 0.481. The van der Waals surface area contributed by atoms with Gasteiger partial charge in [0.25, 0.3) is 5.91 Å². The van der Waals surface area contributed by atoms with E-state index in [1.807, 2.05) is 0 Å². The molecule has 4 nitrogen and oxygen atoms in total. The molecular formula is C14H16ClFN2O2. The summed E-state index contributed by atoms with van der Waals surface area (Å²) in [5.74, 6) is -0.694. The first-order chi connectivity index (χ1) is 9.60.